The molecule has 0 bridgehead atoms. The molecule has 3 N–H and O–H groups in total. The molecule has 2 amide bonds. The van der Waals surface area contributed by atoms with Crippen LogP contribution in [0.1, 0.15) is 19.3 Å². The van der Waals surface area contributed by atoms with Gasteiger partial charge in [0.1, 0.15) is 6.04 Å². The summed E-state index contributed by atoms with van der Waals surface area (Å²) in [6.07, 6.45) is 0.157. The molecule has 0 aromatic heterocycles. The smallest absolute Gasteiger partial charge is 0.326 e. The van der Waals surface area contributed by atoms with Crippen molar-refractivity contribution in [2.45, 2.75) is 37.5 Å². The van der Waals surface area contributed by atoms with Gasteiger partial charge in [-0.1, -0.05) is 0 Å². The van der Waals surface area contributed by atoms with Gasteiger partial charge < -0.3 is 25.1 Å². The molecule has 0 aromatic rings. The molecular formula is C11H18N2O5. The first-order chi connectivity index (χ1) is 8.50. The van der Waals surface area contributed by atoms with Crippen molar-refractivity contribution in [1.82, 2.24) is 9.80 Å². The molecule has 0 spiro atoms. The number of amides is 2. The molecule has 18 heavy (non-hydrogen) atoms. The van der Waals surface area contributed by atoms with Gasteiger partial charge in [0.2, 0.25) is 0 Å². The van der Waals surface area contributed by atoms with Gasteiger partial charge in [-0.3, -0.25) is 0 Å². The third kappa shape index (κ3) is 2.41. The number of carboxylic acids is 1. The van der Waals surface area contributed by atoms with Gasteiger partial charge in [-0.2, -0.15) is 0 Å². The monoisotopic (exact) mass is 258 g/mol. The first kappa shape index (κ1) is 13.1. The van der Waals surface area contributed by atoms with E-state index in [9.17, 15) is 19.8 Å². The minimum Gasteiger partial charge on any atom is -0.480 e. The SMILES string of the molecule is O=C(O)C1CCCCN1C(=O)N1CC(O)C(O)C1. The maximum absolute atomic E-state index is 12.2. The van der Waals surface area contributed by atoms with E-state index in [0.717, 1.165) is 12.8 Å². The van der Waals surface area contributed by atoms with Crippen LogP contribution in [0.3, 0.4) is 0 Å². The Morgan fingerprint density at radius 1 is 1.06 bits per heavy atom. The average Bonchev–Trinajstić information content (AvgIpc) is 2.68. The Morgan fingerprint density at radius 3 is 2.22 bits per heavy atom. The number of urea groups is 1. The van der Waals surface area contributed by atoms with Gasteiger partial charge >= 0.3 is 12.0 Å². The van der Waals surface area contributed by atoms with Crippen LogP contribution in [0.2, 0.25) is 0 Å². The second kappa shape index (κ2) is 5.11. The number of likely N-dealkylation sites (tertiary alicyclic amines) is 2. The van der Waals surface area contributed by atoms with Crippen molar-refractivity contribution < 1.29 is 24.9 Å². The van der Waals surface area contributed by atoms with E-state index in [4.69, 9.17) is 5.11 Å². The molecule has 7 nitrogen and oxygen atoms in total. The molecule has 0 aliphatic carbocycles. The molecular weight excluding hydrogens is 240 g/mol. The third-order valence-electron chi connectivity index (χ3n) is 3.56. The Bertz CT molecular complexity index is 338. The zero-order chi connectivity index (χ0) is 13.3. The van der Waals surface area contributed by atoms with E-state index in [0.29, 0.717) is 13.0 Å². The highest BCUT2D eigenvalue weighted by molar-refractivity contribution is 5.83. The maximum atomic E-state index is 12.2. The van der Waals surface area contributed by atoms with E-state index >= 15 is 0 Å². The fourth-order valence-electron chi connectivity index (χ4n) is 2.52. The zero-order valence-electron chi connectivity index (χ0n) is 10.0. The summed E-state index contributed by atoms with van der Waals surface area (Å²) in [5.74, 6) is -0.997. The predicted octanol–water partition coefficient (Wildman–Crippen LogP) is -0.917. The van der Waals surface area contributed by atoms with Crippen molar-refractivity contribution in [2.24, 2.45) is 0 Å². The first-order valence-corrected chi connectivity index (χ1v) is 6.15. The van der Waals surface area contributed by atoms with Gasteiger partial charge in [0, 0.05) is 6.54 Å². The molecule has 102 valence electrons. The highest BCUT2D eigenvalue weighted by Gasteiger charge is 2.39. The van der Waals surface area contributed by atoms with Gasteiger partial charge in [-0.25, -0.2) is 9.59 Å². The van der Waals surface area contributed by atoms with E-state index in [2.05, 4.69) is 0 Å². The minimum absolute atomic E-state index is 0.0584. The normalized spacial score (nSPS) is 32.7. The predicted molar refractivity (Wildman–Crippen MR) is 61.0 cm³/mol. The number of hydrogen-bond acceptors (Lipinski definition) is 4. The summed E-state index contributed by atoms with van der Waals surface area (Å²) in [4.78, 5) is 25.9. The summed E-state index contributed by atoms with van der Waals surface area (Å²) < 4.78 is 0. The Balaban J connectivity index is 2.05. The maximum Gasteiger partial charge on any atom is 0.326 e. The lowest BCUT2D eigenvalue weighted by Crippen LogP contribution is -2.52. The van der Waals surface area contributed by atoms with Crippen molar-refractivity contribution in [3.8, 4) is 0 Å². The van der Waals surface area contributed by atoms with Crippen LogP contribution in [0.4, 0.5) is 4.79 Å². The topological polar surface area (TPSA) is 101 Å². The van der Waals surface area contributed by atoms with Crippen LogP contribution in [0.5, 0.6) is 0 Å². The number of piperidine rings is 1. The lowest BCUT2D eigenvalue weighted by atomic mass is 10.0. The van der Waals surface area contributed by atoms with Gasteiger partial charge in [0.05, 0.1) is 25.3 Å². The van der Waals surface area contributed by atoms with Crippen LogP contribution in [0.15, 0.2) is 0 Å². The number of aliphatic carboxylic acids is 1. The van der Waals surface area contributed by atoms with Gasteiger partial charge in [-0.15, -0.1) is 0 Å². The molecule has 0 radical (unpaired) electrons. The number of carbonyl (C=O) groups excluding carboxylic acids is 1. The third-order valence-corrected chi connectivity index (χ3v) is 3.56. The molecule has 3 atom stereocenters. The molecule has 2 aliphatic heterocycles. The molecule has 2 heterocycles. The van der Waals surface area contributed by atoms with Crippen molar-refractivity contribution in [1.29, 1.82) is 0 Å². The number of hydrogen-bond donors (Lipinski definition) is 3. The molecule has 0 saturated carbocycles. The van der Waals surface area contributed by atoms with Crippen molar-refractivity contribution in [3.63, 3.8) is 0 Å². The van der Waals surface area contributed by atoms with Crippen LogP contribution in [-0.4, -0.2) is 75.0 Å². The average molecular weight is 258 g/mol. The Morgan fingerprint density at radius 2 is 1.67 bits per heavy atom. The molecule has 2 saturated heterocycles. The summed E-state index contributed by atoms with van der Waals surface area (Å²) in [7, 11) is 0. The summed E-state index contributed by atoms with van der Waals surface area (Å²) in [5.41, 5.74) is 0. The van der Waals surface area contributed by atoms with Crippen molar-refractivity contribution in [3.05, 3.63) is 0 Å². The molecule has 0 aromatic carbocycles. The highest BCUT2D eigenvalue weighted by Crippen LogP contribution is 2.21. The summed E-state index contributed by atoms with van der Waals surface area (Å²) in [5, 5.41) is 27.9. The Kier molecular flexibility index (Phi) is 3.72. The Hall–Kier alpha value is -1.34. The largest absolute Gasteiger partial charge is 0.480 e. The number of carbonyl (C=O) groups is 2. The minimum atomic E-state index is -0.997. The van der Waals surface area contributed by atoms with Crippen LogP contribution in [-0.2, 0) is 4.79 Å². The number of rotatable bonds is 1. The number of carboxylic acid groups (broad SMARTS) is 1. The standard InChI is InChI=1S/C11H18N2O5/c14-8-5-12(6-9(8)15)11(18)13-4-2-1-3-7(13)10(16)17/h7-9,14-15H,1-6H2,(H,16,17). The quantitative estimate of drug-likeness (QED) is 0.565. The van der Waals surface area contributed by atoms with Gasteiger partial charge in [0.15, 0.2) is 0 Å². The second-order valence-corrected chi connectivity index (χ2v) is 4.87. The fourth-order valence-corrected chi connectivity index (χ4v) is 2.52. The van der Waals surface area contributed by atoms with Crippen LogP contribution in [0.25, 0.3) is 0 Å². The second-order valence-electron chi connectivity index (χ2n) is 4.87. The first-order valence-electron chi connectivity index (χ1n) is 6.15. The highest BCUT2D eigenvalue weighted by atomic mass is 16.4. The van der Waals surface area contributed by atoms with E-state index in [-0.39, 0.29) is 13.1 Å². The van der Waals surface area contributed by atoms with E-state index < -0.39 is 30.3 Å². The number of aliphatic hydroxyl groups excluding tert-OH is 2. The zero-order valence-corrected chi connectivity index (χ0v) is 10.0. The van der Waals surface area contributed by atoms with Gasteiger partial charge in [0.25, 0.3) is 0 Å². The number of aliphatic hydroxyl groups is 2. The number of nitrogens with zero attached hydrogens (tertiary/aromatic N) is 2. The van der Waals surface area contributed by atoms with Crippen molar-refractivity contribution in [2.75, 3.05) is 19.6 Å². The van der Waals surface area contributed by atoms with Crippen LogP contribution < -0.4 is 0 Å². The molecule has 7 heteroatoms. The van der Waals surface area contributed by atoms with Crippen LogP contribution in [0, 0.1) is 0 Å². The fraction of sp³-hybridized carbons (Fsp3) is 0.818. The summed E-state index contributed by atoms with van der Waals surface area (Å²) in [6, 6.07) is -1.20. The van der Waals surface area contributed by atoms with E-state index in [1.165, 1.54) is 9.80 Å². The van der Waals surface area contributed by atoms with E-state index in [1.54, 1.807) is 0 Å². The van der Waals surface area contributed by atoms with Crippen LogP contribution >= 0.6 is 0 Å². The Labute approximate surface area is 105 Å². The molecule has 2 fully saturated rings. The van der Waals surface area contributed by atoms with Gasteiger partial charge in [-0.05, 0) is 19.3 Å². The molecule has 2 rings (SSSR count). The summed E-state index contributed by atoms with van der Waals surface area (Å²) >= 11 is 0. The molecule has 3 unspecified atom stereocenters. The van der Waals surface area contributed by atoms with Crippen molar-refractivity contribution >= 4 is 12.0 Å². The molecule has 2 aliphatic rings. The van der Waals surface area contributed by atoms with E-state index in [1.807, 2.05) is 0 Å². The lowest BCUT2D eigenvalue weighted by molar-refractivity contribution is -0.143. The summed E-state index contributed by atoms with van der Waals surface area (Å²) in [6.45, 7) is 0.532. The lowest BCUT2D eigenvalue weighted by Gasteiger charge is -2.35. The number of β-amino-alcohol motifs (C(OH)–C–C–N with tert-alkyl or cyclic N) is 2.